The van der Waals surface area contributed by atoms with Crippen LogP contribution in [0.5, 0.6) is 0 Å². The summed E-state index contributed by atoms with van der Waals surface area (Å²) in [7, 11) is 0. The Labute approximate surface area is 141 Å². The van der Waals surface area contributed by atoms with Crippen molar-refractivity contribution in [2.24, 2.45) is 11.8 Å². The number of hydrogen-bond donors (Lipinski definition) is 0. The Morgan fingerprint density at radius 1 is 0.957 bits per heavy atom. The Hall–Kier alpha value is -1.34. The lowest BCUT2D eigenvalue weighted by Crippen LogP contribution is -2.48. The van der Waals surface area contributed by atoms with Crippen LogP contribution < -0.4 is 0 Å². The van der Waals surface area contributed by atoms with E-state index in [4.69, 9.17) is 0 Å². The van der Waals surface area contributed by atoms with Gasteiger partial charge in [0.15, 0.2) is 0 Å². The summed E-state index contributed by atoms with van der Waals surface area (Å²) in [6.45, 7) is 12.3. The second-order valence-electron chi connectivity index (χ2n) is 6.96. The van der Waals surface area contributed by atoms with Crippen LogP contribution in [-0.4, -0.2) is 54.2 Å². The summed E-state index contributed by atoms with van der Waals surface area (Å²) in [6.07, 6.45) is 2.82. The minimum Gasteiger partial charge on any atom is -0.340 e. The molecule has 130 valence electrons. The third-order valence-electron chi connectivity index (χ3n) is 4.13. The van der Waals surface area contributed by atoms with Crippen LogP contribution in [0.25, 0.3) is 0 Å². The van der Waals surface area contributed by atoms with Gasteiger partial charge in [0.2, 0.25) is 5.91 Å². The van der Waals surface area contributed by atoms with E-state index in [1.165, 1.54) is 0 Å². The third-order valence-corrected chi connectivity index (χ3v) is 4.13. The molecule has 1 fully saturated rings. The molecule has 0 saturated carbocycles. The van der Waals surface area contributed by atoms with Gasteiger partial charge in [-0.3, -0.25) is 14.5 Å². The van der Waals surface area contributed by atoms with Crippen LogP contribution >= 0.6 is 0 Å². The fourth-order valence-corrected chi connectivity index (χ4v) is 2.54. The van der Waals surface area contributed by atoms with E-state index in [1.54, 1.807) is 0 Å². The second kappa shape index (κ2) is 10.4. The van der Waals surface area contributed by atoms with Crippen LogP contribution in [0, 0.1) is 23.7 Å². The van der Waals surface area contributed by atoms with E-state index >= 15 is 0 Å². The predicted octanol–water partition coefficient (Wildman–Crippen LogP) is 2.58. The average Bonchev–Trinajstić information content (AvgIpc) is 2.51. The van der Waals surface area contributed by atoms with Crippen molar-refractivity contribution in [1.29, 1.82) is 0 Å². The topological polar surface area (TPSA) is 40.6 Å². The van der Waals surface area contributed by atoms with Crippen molar-refractivity contribution in [1.82, 2.24) is 9.80 Å². The van der Waals surface area contributed by atoms with Crippen LogP contribution in [0.2, 0.25) is 0 Å². The SMILES string of the molecule is CC(C)C#CCN1CCN(C(=O)CCCCC(=O)C(C)C)CC1. The molecule has 23 heavy (non-hydrogen) atoms. The molecular formula is C19H32N2O2. The van der Waals surface area contributed by atoms with Crippen molar-refractivity contribution in [3.63, 3.8) is 0 Å². The van der Waals surface area contributed by atoms with Gasteiger partial charge >= 0.3 is 0 Å². The quantitative estimate of drug-likeness (QED) is 0.535. The molecule has 0 aromatic carbocycles. The molecule has 0 aliphatic carbocycles. The molecule has 0 bridgehead atoms. The van der Waals surface area contributed by atoms with Gasteiger partial charge in [0.25, 0.3) is 0 Å². The van der Waals surface area contributed by atoms with Gasteiger partial charge in [-0.05, 0) is 12.8 Å². The van der Waals surface area contributed by atoms with Gasteiger partial charge in [0.05, 0.1) is 6.54 Å². The Bertz CT molecular complexity index is 438. The molecule has 0 N–H and O–H groups in total. The zero-order valence-corrected chi connectivity index (χ0v) is 15.2. The number of Topliss-reactive ketones (excluding diaryl/α,β-unsaturated/α-hetero) is 1. The highest BCUT2D eigenvalue weighted by Crippen LogP contribution is 2.09. The first-order valence-corrected chi connectivity index (χ1v) is 8.91. The minimum absolute atomic E-state index is 0.109. The fraction of sp³-hybridized carbons (Fsp3) is 0.789. The van der Waals surface area contributed by atoms with Gasteiger partial charge in [0, 0.05) is 50.9 Å². The molecular weight excluding hydrogens is 288 g/mol. The molecule has 1 amide bonds. The molecule has 0 unspecified atom stereocenters. The molecule has 0 spiro atoms. The Morgan fingerprint density at radius 3 is 2.13 bits per heavy atom. The molecule has 1 aliphatic rings. The highest BCUT2D eigenvalue weighted by Gasteiger charge is 2.20. The van der Waals surface area contributed by atoms with E-state index in [2.05, 4.69) is 30.6 Å². The molecule has 0 aromatic heterocycles. The van der Waals surface area contributed by atoms with Gasteiger partial charge < -0.3 is 4.90 Å². The summed E-state index contributed by atoms with van der Waals surface area (Å²) in [4.78, 5) is 28.0. The van der Waals surface area contributed by atoms with E-state index in [9.17, 15) is 9.59 Å². The lowest BCUT2D eigenvalue weighted by Gasteiger charge is -2.33. The number of rotatable bonds is 7. The monoisotopic (exact) mass is 320 g/mol. The van der Waals surface area contributed by atoms with Crippen molar-refractivity contribution < 1.29 is 9.59 Å². The molecule has 0 atom stereocenters. The Morgan fingerprint density at radius 2 is 1.57 bits per heavy atom. The fourth-order valence-electron chi connectivity index (χ4n) is 2.54. The largest absolute Gasteiger partial charge is 0.340 e. The minimum atomic E-state index is 0.109. The maximum Gasteiger partial charge on any atom is 0.222 e. The van der Waals surface area contributed by atoms with Gasteiger partial charge in [-0.1, -0.05) is 39.5 Å². The van der Waals surface area contributed by atoms with E-state index in [1.807, 2.05) is 18.7 Å². The van der Waals surface area contributed by atoms with E-state index in [-0.39, 0.29) is 11.8 Å². The maximum absolute atomic E-state index is 12.2. The maximum atomic E-state index is 12.2. The number of carbonyl (C=O) groups excluding carboxylic acids is 2. The number of unbranched alkanes of at least 4 members (excludes halogenated alkanes) is 1. The first kappa shape index (κ1) is 19.7. The standard InChI is InChI=1S/C19H32N2O2/c1-16(2)8-7-11-20-12-14-21(15-13-20)19(23)10-6-5-9-18(22)17(3)4/h16-17H,5-6,9-15H2,1-4H3. The number of nitrogens with zero attached hydrogens (tertiary/aromatic N) is 2. The first-order valence-electron chi connectivity index (χ1n) is 8.91. The normalized spacial score (nSPS) is 15.7. The smallest absolute Gasteiger partial charge is 0.222 e. The summed E-state index contributed by atoms with van der Waals surface area (Å²) in [5.41, 5.74) is 0. The van der Waals surface area contributed by atoms with Gasteiger partial charge in [-0.25, -0.2) is 0 Å². The summed E-state index contributed by atoms with van der Waals surface area (Å²) >= 11 is 0. The third kappa shape index (κ3) is 8.18. The van der Waals surface area contributed by atoms with Gasteiger partial charge in [-0.15, -0.1) is 0 Å². The highest BCUT2D eigenvalue weighted by molar-refractivity contribution is 5.80. The van der Waals surface area contributed by atoms with Crippen LogP contribution in [-0.2, 0) is 9.59 Å². The second-order valence-corrected chi connectivity index (χ2v) is 6.96. The van der Waals surface area contributed by atoms with E-state index in [0.717, 1.165) is 45.6 Å². The number of hydrogen-bond acceptors (Lipinski definition) is 3. The molecule has 4 heteroatoms. The van der Waals surface area contributed by atoms with Crippen LogP contribution in [0.3, 0.4) is 0 Å². The number of carbonyl (C=O) groups is 2. The summed E-state index contributed by atoms with van der Waals surface area (Å²) < 4.78 is 0. The van der Waals surface area contributed by atoms with Gasteiger partial charge in [0.1, 0.15) is 5.78 Å². The number of amides is 1. The Kier molecular flexibility index (Phi) is 8.94. The van der Waals surface area contributed by atoms with Crippen LogP contribution in [0.1, 0.15) is 53.4 Å². The average molecular weight is 320 g/mol. The molecule has 1 heterocycles. The molecule has 4 nitrogen and oxygen atoms in total. The van der Waals surface area contributed by atoms with Crippen LogP contribution in [0.15, 0.2) is 0 Å². The van der Waals surface area contributed by atoms with Crippen LogP contribution in [0.4, 0.5) is 0 Å². The lowest BCUT2D eigenvalue weighted by molar-refractivity contribution is -0.133. The summed E-state index contributed by atoms with van der Waals surface area (Å²) in [5, 5.41) is 0. The van der Waals surface area contributed by atoms with Crippen molar-refractivity contribution in [3.8, 4) is 11.8 Å². The zero-order valence-electron chi connectivity index (χ0n) is 15.2. The first-order chi connectivity index (χ1) is 10.9. The highest BCUT2D eigenvalue weighted by atomic mass is 16.2. The predicted molar refractivity (Wildman–Crippen MR) is 93.9 cm³/mol. The molecule has 1 rings (SSSR count). The van der Waals surface area contributed by atoms with Gasteiger partial charge in [-0.2, -0.15) is 0 Å². The van der Waals surface area contributed by atoms with Crippen molar-refractivity contribution in [3.05, 3.63) is 0 Å². The molecule has 0 aromatic rings. The van der Waals surface area contributed by atoms with Crippen molar-refractivity contribution in [2.75, 3.05) is 32.7 Å². The summed E-state index contributed by atoms with van der Waals surface area (Å²) in [5.74, 6) is 7.44. The lowest BCUT2D eigenvalue weighted by atomic mass is 10.0. The zero-order chi connectivity index (χ0) is 17.2. The van der Waals surface area contributed by atoms with E-state index < -0.39 is 0 Å². The van der Waals surface area contributed by atoms with E-state index in [0.29, 0.717) is 24.5 Å². The van der Waals surface area contributed by atoms with Crippen molar-refractivity contribution >= 4 is 11.7 Å². The summed E-state index contributed by atoms with van der Waals surface area (Å²) in [6, 6.07) is 0. The Balaban J connectivity index is 2.18. The number of piperazine rings is 1. The molecule has 1 aliphatic heterocycles. The molecule has 0 radical (unpaired) electrons. The number of ketones is 1. The molecule has 1 saturated heterocycles. The van der Waals surface area contributed by atoms with Crippen molar-refractivity contribution in [2.45, 2.75) is 53.4 Å².